The summed E-state index contributed by atoms with van der Waals surface area (Å²) in [6, 6.07) is -1.19. The molecule has 3 saturated carbocycles. The van der Waals surface area contributed by atoms with Gasteiger partial charge in [-0.05, 0) is 67.1 Å². The number of alkyl halides is 3. The number of nitrogens with zero attached hydrogens (tertiary/aromatic N) is 2. The molecule has 3 aliphatic carbocycles. The molecule has 2 aliphatic heterocycles. The van der Waals surface area contributed by atoms with Gasteiger partial charge in [-0.1, -0.05) is 20.3 Å². The first-order valence-corrected chi connectivity index (χ1v) is 13.7. The number of amides is 3. The lowest BCUT2D eigenvalue weighted by Crippen LogP contribution is -2.62. The average Bonchev–Trinajstić information content (AvgIpc) is 3.21. The maximum atomic E-state index is 13.8. The van der Waals surface area contributed by atoms with Crippen LogP contribution in [-0.2, 0) is 19.2 Å². The highest BCUT2D eigenvalue weighted by molar-refractivity contribution is 5.94. The van der Waals surface area contributed by atoms with Crippen molar-refractivity contribution in [2.75, 3.05) is 13.1 Å². The Balaban J connectivity index is 1.33. The van der Waals surface area contributed by atoms with Gasteiger partial charge in [0, 0.05) is 19.0 Å². The number of nitriles is 1. The lowest BCUT2D eigenvalue weighted by Gasteiger charge is -2.56. The maximum absolute atomic E-state index is 13.8. The van der Waals surface area contributed by atoms with E-state index in [1.165, 1.54) is 4.90 Å². The zero-order chi connectivity index (χ0) is 28.3. The van der Waals surface area contributed by atoms with Crippen LogP contribution in [0.1, 0.15) is 58.8 Å². The molecule has 39 heavy (non-hydrogen) atoms. The lowest BCUT2D eigenvalue weighted by atomic mass is 9.50. The Labute approximate surface area is 224 Å². The molecular formula is C27H34F3N5O4. The maximum Gasteiger partial charge on any atom is 0.471 e. The highest BCUT2D eigenvalue weighted by atomic mass is 19.4. The van der Waals surface area contributed by atoms with E-state index in [4.69, 9.17) is 0 Å². The number of allylic oxidation sites excluding steroid dienone is 1. The standard InChI is InChI=1S/C27H34F3N5O4/c1-25(2)17-12-35(21(19(17)25)22(37)33-16(11-31)8-14-4-7-32-18(14)13-36)23(38)20(34-24(39)27(28,29)30)15-9-26(10-15)5-3-6-26/h14-17,19-21,32H,3-10,12H2,1-2H3,(H,33,37)(H,34,39)/t14-,16-,17-,19-,20?,21-/m0/s1. The number of halogens is 3. The second-order valence-electron chi connectivity index (χ2n) is 12.7. The molecular weight excluding hydrogens is 515 g/mol. The molecule has 1 unspecified atom stereocenters. The van der Waals surface area contributed by atoms with E-state index in [0.29, 0.717) is 31.5 Å². The van der Waals surface area contributed by atoms with Crippen LogP contribution in [0.15, 0.2) is 5.70 Å². The van der Waals surface area contributed by atoms with Crippen molar-refractivity contribution in [2.45, 2.75) is 83.1 Å². The van der Waals surface area contributed by atoms with Crippen LogP contribution in [0.25, 0.3) is 0 Å². The first-order chi connectivity index (χ1) is 18.3. The molecule has 5 fully saturated rings. The van der Waals surface area contributed by atoms with Gasteiger partial charge >= 0.3 is 12.1 Å². The van der Waals surface area contributed by atoms with Crippen LogP contribution >= 0.6 is 0 Å². The molecule has 0 bridgehead atoms. The predicted molar refractivity (Wildman–Crippen MR) is 131 cm³/mol. The van der Waals surface area contributed by atoms with Crippen molar-refractivity contribution in [3.8, 4) is 6.07 Å². The van der Waals surface area contributed by atoms with Crippen LogP contribution < -0.4 is 16.0 Å². The number of carbonyl (C=O) groups is 3. The third kappa shape index (κ3) is 4.79. The Hall–Kier alpha value is -3.06. The quantitative estimate of drug-likeness (QED) is 0.415. The Morgan fingerprint density at radius 1 is 1.21 bits per heavy atom. The van der Waals surface area contributed by atoms with Crippen molar-refractivity contribution in [3.05, 3.63) is 5.70 Å². The highest BCUT2D eigenvalue weighted by Gasteiger charge is 2.70. The van der Waals surface area contributed by atoms with Gasteiger partial charge < -0.3 is 20.9 Å². The number of piperidine rings is 1. The van der Waals surface area contributed by atoms with Gasteiger partial charge in [0.2, 0.25) is 11.8 Å². The Morgan fingerprint density at radius 3 is 2.46 bits per heavy atom. The minimum atomic E-state index is -5.13. The first-order valence-electron chi connectivity index (χ1n) is 13.7. The monoisotopic (exact) mass is 549 g/mol. The number of hydrogen-bond acceptors (Lipinski definition) is 6. The van der Waals surface area contributed by atoms with Crippen molar-refractivity contribution in [3.63, 3.8) is 0 Å². The zero-order valence-corrected chi connectivity index (χ0v) is 22.1. The van der Waals surface area contributed by atoms with Gasteiger partial charge in [-0.2, -0.15) is 18.4 Å². The van der Waals surface area contributed by atoms with Crippen molar-refractivity contribution in [2.24, 2.45) is 34.5 Å². The predicted octanol–water partition coefficient (Wildman–Crippen LogP) is 1.82. The zero-order valence-electron chi connectivity index (χ0n) is 22.1. The molecule has 0 aromatic rings. The molecule has 0 aromatic heterocycles. The van der Waals surface area contributed by atoms with Gasteiger partial charge in [0.1, 0.15) is 24.1 Å². The molecule has 0 radical (unpaired) electrons. The van der Waals surface area contributed by atoms with Gasteiger partial charge in [0.15, 0.2) is 0 Å². The second-order valence-corrected chi connectivity index (χ2v) is 12.7. The van der Waals surface area contributed by atoms with Gasteiger partial charge in [-0.3, -0.25) is 14.4 Å². The van der Waals surface area contributed by atoms with E-state index in [1.807, 2.05) is 25.1 Å². The summed E-state index contributed by atoms with van der Waals surface area (Å²) in [5.74, 6) is -2.43. The molecule has 5 aliphatic rings. The van der Waals surface area contributed by atoms with E-state index >= 15 is 0 Å². The van der Waals surface area contributed by atoms with Crippen molar-refractivity contribution >= 4 is 23.7 Å². The Bertz CT molecular complexity index is 1150. The van der Waals surface area contributed by atoms with Gasteiger partial charge in [0.25, 0.3) is 0 Å². The number of fused-ring (bicyclic) bond motifs is 1. The summed E-state index contributed by atoms with van der Waals surface area (Å²) in [5.41, 5.74) is 0.168. The molecule has 5 rings (SSSR count). The third-order valence-electron chi connectivity index (χ3n) is 10.2. The molecule has 2 saturated heterocycles. The fraction of sp³-hybridized carbons (Fsp3) is 0.778. The van der Waals surface area contributed by atoms with Crippen LogP contribution in [0.2, 0.25) is 0 Å². The molecule has 12 heteroatoms. The van der Waals surface area contributed by atoms with Crippen molar-refractivity contribution in [1.29, 1.82) is 5.26 Å². The summed E-state index contributed by atoms with van der Waals surface area (Å²) in [6.45, 7) is 4.73. The van der Waals surface area contributed by atoms with E-state index in [9.17, 15) is 37.6 Å². The van der Waals surface area contributed by atoms with E-state index in [-0.39, 0.29) is 41.5 Å². The molecule has 6 atom stereocenters. The fourth-order valence-electron chi connectivity index (χ4n) is 7.68. The van der Waals surface area contributed by atoms with Crippen molar-refractivity contribution < 1.29 is 32.3 Å². The Kier molecular flexibility index (Phi) is 6.73. The molecule has 0 aromatic carbocycles. The number of likely N-dealkylation sites (tertiary alicyclic amines) is 1. The van der Waals surface area contributed by atoms with Crippen LogP contribution in [0.5, 0.6) is 0 Å². The summed E-state index contributed by atoms with van der Waals surface area (Å²) in [6.07, 6.45) is -0.178. The number of carbonyl (C=O) groups excluding carboxylic acids is 4. The minimum absolute atomic E-state index is 0.0142. The van der Waals surface area contributed by atoms with E-state index in [2.05, 4.69) is 16.7 Å². The normalized spacial score (nSPS) is 32.9. The third-order valence-corrected chi connectivity index (χ3v) is 10.2. The molecule has 3 amide bonds. The lowest BCUT2D eigenvalue weighted by molar-refractivity contribution is -0.177. The van der Waals surface area contributed by atoms with E-state index in [1.54, 1.807) is 0 Å². The van der Waals surface area contributed by atoms with Crippen LogP contribution in [0.3, 0.4) is 0 Å². The summed E-state index contributed by atoms with van der Waals surface area (Å²) in [7, 11) is 0. The van der Waals surface area contributed by atoms with Crippen LogP contribution in [0, 0.1) is 45.8 Å². The first kappa shape index (κ1) is 27.5. The summed E-state index contributed by atoms with van der Waals surface area (Å²) >= 11 is 0. The van der Waals surface area contributed by atoms with Gasteiger partial charge in [-0.15, -0.1) is 0 Å². The summed E-state index contributed by atoms with van der Waals surface area (Å²) in [4.78, 5) is 51.8. The van der Waals surface area contributed by atoms with Crippen molar-refractivity contribution in [1.82, 2.24) is 20.9 Å². The van der Waals surface area contributed by atoms with Gasteiger partial charge in [0.05, 0.1) is 11.8 Å². The smallest absolute Gasteiger partial charge is 0.379 e. The molecule has 2 heterocycles. The van der Waals surface area contributed by atoms with E-state index in [0.717, 1.165) is 19.3 Å². The number of hydrogen-bond donors (Lipinski definition) is 3. The van der Waals surface area contributed by atoms with Gasteiger partial charge in [-0.25, -0.2) is 4.79 Å². The number of rotatable bonds is 7. The largest absolute Gasteiger partial charge is 0.471 e. The number of nitrogens with one attached hydrogen (secondary N) is 3. The fourth-order valence-corrected chi connectivity index (χ4v) is 7.68. The van der Waals surface area contributed by atoms with E-state index < -0.39 is 47.9 Å². The molecule has 9 nitrogen and oxygen atoms in total. The SMILES string of the molecule is CC1(C)[C@@H]2[C@@H](C(=O)N[C@H](C#N)C[C@@H]3CCNC3=C=O)N(C(=O)C(NC(=O)C(F)(F)F)C3CC4(CCC4)C3)C[C@@H]21. The highest BCUT2D eigenvalue weighted by Crippen LogP contribution is 2.65. The van der Waals surface area contributed by atoms with Crippen LogP contribution in [0.4, 0.5) is 13.2 Å². The average molecular weight is 550 g/mol. The molecule has 3 N–H and O–H groups in total. The minimum Gasteiger partial charge on any atom is -0.379 e. The molecule has 1 spiro atoms. The summed E-state index contributed by atoms with van der Waals surface area (Å²) in [5, 5.41) is 17.3. The van der Waals surface area contributed by atoms with Crippen LogP contribution in [-0.4, -0.2) is 66.0 Å². The molecule has 212 valence electrons. The topological polar surface area (TPSA) is 131 Å². The summed E-state index contributed by atoms with van der Waals surface area (Å²) < 4.78 is 39.5. The Morgan fingerprint density at radius 2 is 1.90 bits per heavy atom. The second kappa shape index (κ2) is 9.54.